The average molecular weight is 259 g/mol. The maximum absolute atomic E-state index is 11.4. The number of aliphatic carboxylic acids is 1. The molecule has 6 heteroatoms. The summed E-state index contributed by atoms with van der Waals surface area (Å²) >= 11 is 0. The third kappa shape index (κ3) is 7.89. The van der Waals surface area contributed by atoms with Gasteiger partial charge in [0.25, 0.3) is 0 Å². The maximum Gasteiger partial charge on any atom is 0.315 e. The van der Waals surface area contributed by atoms with Crippen LogP contribution in [0.5, 0.6) is 0 Å². The lowest BCUT2D eigenvalue weighted by molar-refractivity contribution is -0.137. The number of nitrogens with one attached hydrogen (secondary N) is 2. The molecule has 0 saturated carbocycles. The second kappa shape index (κ2) is 8.74. The molecule has 106 valence electrons. The molecule has 0 radical (unpaired) electrons. The average Bonchev–Trinajstić information content (AvgIpc) is 2.26. The Morgan fingerprint density at radius 1 is 1.33 bits per heavy atom. The van der Waals surface area contributed by atoms with Crippen molar-refractivity contribution < 1.29 is 14.7 Å². The molecule has 0 spiro atoms. The van der Waals surface area contributed by atoms with E-state index in [1.165, 1.54) is 0 Å². The van der Waals surface area contributed by atoms with Crippen molar-refractivity contribution in [2.75, 3.05) is 20.1 Å². The van der Waals surface area contributed by atoms with E-state index in [1.54, 1.807) is 6.92 Å². The largest absolute Gasteiger partial charge is 0.481 e. The predicted octanol–water partition coefficient (Wildman–Crippen LogP) is 0.879. The number of nitrogens with zero attached hydrogens (tertiary/aromatic N) is 1. The molecule has 0 fully saturated rings. The topological polar surface area (TPSA) is 81.7 Å². The fourth-order valence-electron chi connectivity index (χ4n) is 1.47. The molecule has 2 amide bonds. The van der Waals surface area contributed by atoms with Crippen LogP contribution in [-0.2, 0) is 4.79 Å². The number of rotatable bonds is 8. The van der Waals surface area contributed by atoms with Crippen molar-refractivity contribution in [1.82, 2.24) is 15.5 Å². The summed E-state index contributed by atoms with van der Waals surface area (Å²) in [4.78, 5) is 24.0. The first-order chi connectivity index (χ1) is 8.36. The molecule has 2 atom stereocenters. The molecule has 0 aliphatic heterocycles. The van der Waals surface area contributed by atoms with Crippen LogP contribution >= 0.6 is 0 Å². The minimum Gasteiger partial charge on any atom is -0.481 e. The fourth-order valence-corrected chi connectivity index (χ4v) is 1.47. The number of likely N-dealkylation sites (N-methyl/N-ethyl adjacent to an activating group) is 1. The first kappa shape index (κ1) is 16.7. The van der Waals surface area contributed by atoms with Crippen molar-refractivity contribution in [2.24, 2.45) is 0 Å². The van der Waals surface area contributed by atoms with E-state index >= 15 is 0 Å². The van der Waals surface area contributed by atoms with E-state index in [4.69, 9.17) is 5.11 Å². The highest BCUT2D eigenvalue weighted by Gasteiger charge is 2.11. The summed E-state index contributed by atoms with van der Waals surface area (Å²) in [6, 6.07) is -0.197. The number of hydrogen-bond donors (Lipinski definition) is 3. The van der Waals surface area contributed by atoms with Crippen molar-refractivity contribution >= 4 is 12.0 Å². The summed E-state index contributed by atoms with van der Waals surface area (Å²) in [6.45, 7) is 7.24. The summed E-state index contributed by atoms with van der Waals surface area (Å²) in [5, 5.41) is 13.8. The third-order valence-electron chi connectivity index (χ3n) is 2.95. The van der Waals surface area contributed by atoms with Gasteiger partial charge in [-0.25, -0.2) is 4.79 Å². The van der Waals surface area contributed by atoms with Crippen LogP contribution in [0, 0.1) is 0 Å². The zero-order valence-corrected chi connectivity index (χ0v) is 11.7. The number of urea groups is 1. The van der Waals surface area contributed by atoms with Gasteiger partial charge in [0.2, 0.25) is 0 Å². The van der Waals surface area contributed by atoms with E-state index < -0.39 is 5.97 Å². The van der Waals surface area contributed by atoms with Crippen molar-refractivity contribution in [3.63, 3.8) is 0 Å². The van der Waals surface area contributed by atoms with Crippen LogP contribution in [0.15, 0.2) is 0 Å². The standard InChI is InChI=1S/C12H25N3O3/c1-5-10(3)15(4)7-6-13-12(18)14-9(2)8-11(16)17/h9-10H,5-8H2,1-4H3,(H,16,17)(H2,13,14,18). The molecular weight excluding hydrogens is 234 g/mol. The number of carboxylic acid groups (broad SMARTS) is 1. The Morgan fingerprint density at radius 3 is 2.44 bits per heavy atom. The van der Waals surface area contributed by atoms with Crippen molar-refractivity contribution in [2.45, 2.75) is 45.7 Å². The molecule has 0 aromatic heterocycles. The molecule has 0 aromatic rings. The van der Waals surface area contributed by atoms with Gasteiger partial charge in [-0.05, 0) is 27.3 Å². The van der Waals surface area contributed by atoms with Crippen LogP contribution in [0.4, 0.5) is 4.79 Å². The number of carbonyl (C=O) groups is 2. The minimum atomic E-state index is -0.917. The van der Waals surface area contributed by atoms with E-state index in [9.17, 15) is 9.59 Å². The molecule has 0 aliphatic carbocycles. The molecule has 18 heavy (non-hydrogen) atoms. The van der Waals surface area contributed by atoms with Gasteiger partial charge < -0.3 is 20.6 Å². The summed E-state index contributed by atoms with van der Waals surface area (Å²) in [7, 11) is 2.01. The highest BCUT2D eigenvalue weighted by Crippen LogP contribution is 1.98. The molecule has 3 N–H and O–H groups in total. The Morgan fingerprint density at radius 2 is 1.94 bits per heavy atom. The van der Waals surface area contributed by atoms with Crippen LogP contribution < -0.4 is 10.6 Å². The number of carboxylic acids is 1. The summed E-state index contributed by atoms with van der Waals surface area (Å²) in [5.41, 5.74) is 0. The molecule has 2 unspecified atom stereocenters. The van der Waals surface area contributed by atoms with Crippen molar-refractivity contribution in [3.05, 3.63) is 0 Å². The third-order valence-corrected chi connectivity index (χ3v) is 2.95. The van der Waals surface area contributed by atoms with Crippen LogP contribution in [0.25, 0.3) is 0 Å². The van der Waals surface area contributed by atoms with E-state index in [-0.39, 0.29) is 18.5 Å². The van der Waals surface area contributed by atoms with Gasteiger partial charge in [0.15, 0.2) is 0 Å². The Kier molecular flexibility index (Phi) is 8.11. The van der Waals surface area contributed by atoms with Gasteiger partial charge in [-0.15, -0.1) is 0 Å². The zero-order chi connectivity index (χ0) is 14.1. The van der Waals surface area contributed by atoms with E-state index in [0.717, 1.165) is 13.0 Å². The van der Waals surface area contributed by atoms with Gasteiger partial charge in [-0.1, -0.05) is 6.92 Å². The molecule has 0 heterocycles. The Hall–Kier alpha value is -1.30. The lowest BCUT2D eigenvalue weighted by atomic mass is 10.2. The second-order valence-corrected chi connectivity index (χ2v) is 4.64. The second-order valence-electron chi connectivity index (χ2n) is 4.64. The van der Waals surface area contributed by atoms with Crippen LogP contribution in [0.2, 0.25) is 0 Å². The van der Waals surface area contributed by atoms with Gasteiger partial charge in [0, 0.05) is 25.2 Å². The number of amides is 2. The molecule has 0 aliphatic rings. The predicted molar refractivity (Wildman–Crippen MR) is 70.6 cm³/mol. The molecular formula is C12H25N3O3. The minimum absolute atomic E-state index is 0.0693. The quantitative estimate of drug-likeness (QED) is 0.604. The summed E-state index contributed by atoms with van der Waals surface area (Å²) in [5.74, 6) is -0.917. The first-order valence-corrected chi connectivity index (χ1v) is 6.33. The lowest BCUT2D eigenvalue weighted by Crippen LogP contribution is -2.44. The van der Waals surface area contributed by atoms with Gasteiger partial charge in [-0.2, -0.15) is 0 Å². The van der Waals surface area contributed by atoms with Crippen LogP contribution in [0.3, 0.4) is 0 Å². The molecule has 0 saturated heterocycles. The maximum atomic E-state index is 11.4. The normalized spacial score (nSPS) is 14.1. The summed E-state index contributed by atoms with van der Waals surface area (Å²) in [6.07, 6.45) is 0.999. The Balaban J connectivity index is 3.74. The highest BCUT2D eigenvalue weighted by atomic mass is 16.4. The van der Waals surface area contributed by atoms with Gasteiger partial charge in [0.1, 0.15) is 0 Å². The molecule has 0 aromatic carbocycles. The fraction of sp³-hybridized carbons (Fsp3) is 0.833. The van der Waals surface area contributed by atoms with E-state index in [1.807, 2.05) is 7.05 Å². The van der Waals surface area contributed by atoms with Crippen molar-refractivity contribution in [1.29, 1.82) is 0 Å². The first-order valence-electron chi connectivity index (χ1n) is 6.33. The zero-order valence-electron chi connectivity index (χ0n) is 11.7. The molecule has 0 rings (SSSR count). The molecule has 0 bridgehead atoms. The van der Waals surface area contributed by atoms with Gasteiger partial charge in [-0.3, -0.25) is 4.79 Å². The van der Waals surface area contributed by atoms with E-state index in [0.29, 0.717) is 12.6 Å². The van der Waals surface area contributed by atoms with Crippen LogP contribution in [-0.4, -0.2) is 54.2 Å². The molecule has 6 nitrogen and oxygen atoms in total. The van der Waals surface area contributed by atoms with Gasteiger partial charge >= 0.3 is 12.0 Å². The Labute approximate surface area is 109 Å². The van der Waals surface area contributed by atoms with Crippen molar-refractivity contribution in [3.8, 4) is 0 Å². The number of hydrogen-bond acceptors (Lipinski definition) is 3. The monoisotopic (exact) mass is 259 g/mol. The Bertz CT molecular complexity index is 271. The SMILES string of the molecule is CCC(C)N(C)CCNC(=O)NC(C)CC(=O)O. The van der Waals surface area contributed by atoms with Crippen LogP contribution in [0.1, 0.15) is 33.6 Å². The smallest absolute Gasteiger partial charge is 0.315 e. The lowest BCUT2D eigenvalue weighted by Gasteiger charge is -2.23. The summed E-state index contributed by atoms with van der Waals surface area (Å²) < 4.78 is 0. The van der Waals surface area contributed by atoms with Gasteiger partial charge in [0.05, 0.1) is 6.42 Å². The highest BCUT2D eigenvalue weighted by molar-refractivity contribution is 5.75. The van der Waals surface area contributed by atoms with E-state index in [2.05, 4.69) is 29.4 Å². The number of carbonyl (C=O) groups excluding carboxylic acids is 1.